The molecule has 0 saturated heterocycles. The van der Waals surface area contributed by atoms with Crippen LogP contribution in [0.3, 0.4) is 0 Å². The molecule has 24 heavy (non-hydrogen) atoms. The molecular formula is C17H19N3O4. The highest BCUT2D eigenvalue weighted by molar-refractivity contribution is 5.84. The highest BCUT2D eigenvalue weighted by atomic mass is 16.5. The van der Waals surface area contributed by atoms with Crippen LogP contribution in [0.4, 0.5) is 5.82 Å². The Kier molecular flexibility index (Phi) is 4.50. The molecule has 0 atom stereocenters. The summed E-state index contributed by atoms with van der Waals surface area (Å²) >= 11 is 0. The molecule has 2 aromatic rings. The van der Waals surface area contributed by atoms with Gasteiger partial charge in [0.1, 0.15) is 17.3 Å². The predicted octanol–water partition coefficient (Wildman–Crippen LogP) is 2.36. The molecule has 126 valence electrons. The van der Waals surface area contributed by atoms with Crippen LogP contribution in [0, 0.1) is 0 Å². The Hall–Kier alpha value is -2.83. The monoisotopic (exact) mass is 329 g/mol. The van der Waals surface area contributed by atoms with E-state index in [1.807, 2.05) is 18.2 Å². The SMILES string of the molecule is COc1ccc(OC)c(CN(c2cnc(C(=O)O)cn2)C2CC2)c1. The third-order valence-corrected chi connectivity index (χ3v) is 3.97. The van der Waals surface area contributed by atoms with Gasteiger partial charge < -0.3 is 19.5 Å². The molecule has 0 amide bonds. The maximum absolute atomic E-state index is 10.9. The van der Waals surface area contributed by atoms with Gasteiger partial charge in [-0.1, -0.05) is 0 Å². The molecule has 1 heterocycles. The lowest BCUT2D eigenvalue weighted by atomic mass is 10.1. The van der Waals surface area contributed by atoms with Crippen LogP contribution >= 0.6 is 0 Å². The van der Waals surface area contributed by atoms with Crippen molar-refractivity contribution in [2.45, 2.75) is 25.4 Å². The highest BCUT2D eigenvalue weighted by Gasteiger charge is 2.31. The van der Waals surface area contributed by atoms with Crippen molar-refractivity contribution >= 4 is 11.8 Å². The topological polar surface area (TPSA) is 84.8 Å². The molecule has 1 aliphatic carbocycles. The van der Waals surface area contributed by atoms with Gasteiger partial charge in [-0.3, -0.25) is 0 Å². The molecule has 1 aliphatic rings. The Balaban J connectivity index is 1.88. The van der Waals surface area contributed by atoms with Crippen LogP contribution in [0.15, 0.2) is 30.6 Å². The van der Waals surface area contributed by atoms with Crippen molar-refractivity contribution in [1.82, 2.24) is 9.97 Å². The van der Waals surface area contributed by atoms with Gasteiger partial charge >= 0.3 is 5.97 Å². The Morgan fingerprint density at radius 2 is 2.04 bits per heavy atom. The number of carboxylic acid groups (broad SMARTS) is 1. The third-order valence-electron chi connectivity index (χ3n) is 3.97. The van der Waals surface area contributed by atoms with Gasteiger partial charge in [-0.2, -0.15) is 0 Å². The number of benzene rings is 1. The second kappa shape index (κ2) is 6.74. The molecule has 7 heteroatoms. The van der Waals surface area contributed by atoms with Crippen LogP contribution in [0.2, 0.25) is 0 Å². The largest absolute Gasteiger partial charge is 0.497 e. The van der Waals surface area contributed by atoms with E-state index in [0.717, 1.165) is 29.9 Å². The van der Waals surface area contributed by atoms with Gasteiger partial charge in [-0.25, -0.2) is 14.8 Å². The number of aromatic nitrogens is 2. The summed E-state index contributed by atoms with van der Waals surface area (Å²) in [7, 11) is 3.26. The number of hydrogen-bond acceptors (Lipinski definition) is 6. The van der Waals surface area contributed by atoms with Crippen molar-refractivity contribution < 1.29 is 19.4 Å². The number of aromatic carboxylic acids is 1. The molecule has 0 spiro atoms. The fourth-order valence-corrected chi connectivity index (χ4v) is 2.55. The quantitative estimate of drug-likeness (QED) is 0.834. The standard InChI is InChI=1S/C17H19N3O4/c1-23-13-5-6-15(24-2)11(7-13)10-20(12-3-4-12)16-9-18-14(8-19-16)17(21)22/h5-9,12H,3-4,10H2,1-2H3,(H,21,22). The van der Waals surface area contributed by atoms with Gasteiger partial charge in [0, 0.05) is 18.2 Å². The molecule has 1 N–H and O–H groups in total. The lowest BCUT2D eigenvalue weighted by molar-refractivity contribution is 0.0690. The number of ether oxygens (including phenoxy) is 2. The van der Waals surface area contributed by atoms with Gasteiger partial charge in [0.2, 0.25) is 0 Å². The van der Waals surface area contributed by atoms with E-state index in [2.05, 4.69) is 14.9 Å². The van der Waals surface area contributed by atoms with Crippen LogP contribution < -0.4 is 14.4 Å². The average molecular weight is 329 g/mol. The smallest absolute Gasteiger partial charge is 0.356 e. The third kappa shape index (κ3) is 3.40. The first-order chi connectivity index (χ1) is 11.6. The molecule has 1 aromatic heterocycles. The molecule has 7 nitrogen and oxygen atoms in total. The zero-order chi connectivity index (χ0) is 17.1. The number of rotatable bonds is 7. The van der Waals surface area contributed by atoms with Gasteiger partial charge in [-0.05, 0) is 31.0 Å². The minimum atomic E-state index is -1.08. The summed E-state index contributed by atoms with van der Waals surface area (Å²) in [5.41, 5.74) is 0.918. The van der Waals surface area contributed by atoms with Crippen LogP contribution in [0.5, 0.6) is 11.5 Å². The summed E-state index contributed by atoms with van der Waals surface area (Å²) in [5.74, 6) is 1.11. The summed E-state index contributed by atoms with van der Waals surface area (Å²) in [6.45, 7) is 0.589. The average Bonchev–Trinajstić information content (AvgIpc) is 3.44. The lowest BCUT2D eigenvalue weighted by Gasteiger charge is -2.24. The molecule has 0 unspecified atom stereocenters. The van der Waals surface area contributed by atoms with E-state index in [9.17, 15) is 4.79 Å². The first kappa shape index (κ1) is 16.0. The predicted molar refractivity (Wildman–Crippen MR) is 87.7 cm³/mol. The first-order valence-corrected chi connectivity index (χ1v) is 7.65. The van der Waals surface area contributed by atoms with Crippen LogP contribution in [-0.4, -0.2) is 41.3 Å². The molecule has 0 bridgehead atoms. The minimum absolute atomic E-state index is 0.0616. The second-order valence-corrected chi connectivity index (χ2v) is 5.60. The van der Waals surface area contributed by atoms with Crippen LogP contribution in [0.1, 0.15) is 28.9 Å². The van der Waals surface area contributed by atoms with E-state index >= 15 is 0 Å². The van der Waals surface area contributed by atoms with Gasteiger partial charge in [0.05, 0.1) is 26.6 Å². The fraction of sp³-hybridized carbons (Fsp3) is 0.353. The number of hydrogen-bond donors (Lipinski definition) is 1. The van der Waals surface area contributed by atoms with Gasteiger partial charge in [0.25, 0.3) is 0 Å². The summed E-state index contributed by atoms with van der Waals surface area (Å²) in [5, 5.41) is 8.95. The van der Waals surface area contributed by atoms with Crippen molar-refractivity contribution in [3.8, 4) is 11.5 Å². The van der Waals surface area contributed by atoms with E-state index in [1.165, 1.54) is 12.4 Å². The van der Waals surface area contributed by atoms with Crippen molar-refractivity contribution in [2.24, 2.45) is 0 Å². The lowest BCUT2D eigenvalue weighted by Crippen LogP contribution is -2.26. The van der Waals surface area contributed by atoms with Crippen molar-refractivity contribution in [3.05, 3.63) is 41.9 Å². The Morgan fingerprint density at radius 3 is 2.58 bits per heavy atom. The Morgan fingerprint density at radius 1 is 1.25 bits per heavy atom. The molecule has 1 fully saturated rings. The van der Waals surface area contributed by atoms with Gasteiger partial charge in [-0.15, -0.1) is 0 Å². The van der Waals surface area contributed by atoms with Crippen molar-refractivity contribution in [2.75, 3.05) is 19.1 Å². The summed E-state index contributed by atoms with van der Waals surface area (Å²) in [4.78, 5) is 21.3. The van der Waals surface area contributed by atoms with Crippen molar-refractivity contribution in [3.63, 3.8) is 0 Å². The number of carbonyl (C=O) groups is 1. The van der Waals surface area contributed by atoms with E-state index in [-0.39, 0.29) is 5.69 Å². The zero-order valence-corrected chi connectivity index (χ0v) is 13.6. The molecule has 1 aromatic carbocycles. The highest BCUT2D eigenvalue weighted by Crippen LogP contribution is 2.34. The maximum atomic E-state index is 10.9. The number of anilines is 1. The maximum Gasteiger partial charge on any atom is 0.356 e. The van der Waals surface area contributed by atoms with E-state index < -0.39 is 5.97 Å². The van der Waals surface area contributed by atoms with Gasteiger partial charge in [0.15, 0.2) is 5.69 Å². The van der Waals surface area contributed by atoms with E-state index in [1.54, 1.807) is 14.2 Å². The molecule has 3 rings (SSSR count). The van der Waals surface area contributed by atoms with Crippen molar-refractivity contribution in [1.29, 1.82) is 0 Å². The summed E-state index contributed by atoms with van der Waals surface area (Å²) in [6.07, 6.45) is 4.95. The Bertz CT molecular complexity index is 729. The number of methoxy groups -OCH3 is 2. The fourth-order valence-electron chi connectivity index (χ4n) is 2.55. The number of carboxylic acids is 1. The molecular weight excluding hydrogens is 310 g/mol. The molecule has 0 radical (unpaired) electrons. The molecule has 1 saturated carbocycles. The first-order valence-electron chi connectivity index (χ1n) is 7.65. The molecule has 0 aliphatic heterocycles. The minimum Gasteiger partial charge on any atom is -0.497 e. The van der Waals surface area contributed by atoms with Crippen LogP contribution in [-0.2, 0) is 6.54 Å². The summed E-state index contributed by atoms with van der Waals surface area (Å²) < 4.78 is 10.7. The zero-order valence-electron chi connectivity index (χ0n) is 13.6. The van der Waals surface area contributed by atoms with Crippen LogP contribution in [0.25, 0.3) is 0 Å². The Labute approximate surface area is 139 Å². The normalized spacial score (nSPS) is 13.4. The van der Waals surface area contributed by atoms with E-state index in [0.29, 0.717) is 18.4 Å². The summed E-state index contributed by atoms with van der Waals surface area (Å²) in [6, 6.07) is 6.04. The number of nitrogens with zero attached hydrogens (tertiary/aromatic N) is 3. The second-order valence-electron chi connectivity index (χ2n) is 5.60. The van der Waals surface area contributed by atoms with E-state index in [4.69, 9.17) is 14.6 Å².